The van der Waals surface area contributed by atoms with Gasteiger partial charge in [-0.1, -0.05) is 60.1 Å². The van der Waals surface area contributed by atoms with Gasteiger partial charge < -0.3 is 10.2 Å². The fourth-order valence-corrected chi connectivity index (χ4v) is 4.42. The Balaban J connectivity index is 1.36. The lowest BCUT2D eigenvalue weighted by Crippen LogP contribution is -2.43. The number of benzene rings is 3. The highest BCUT2D eigenvalue weighted by molar-refractivity contribution is 6.25. The number of anilines is 1. The van der Waals surface area contributed by atoms with Crippen LogP contribution in [-0.2, 0) is 4.79 Å². The molecule has 4 aromatic rings. The molecule has 0 bridgehead atoms. The number of hydrogen-bond acceptors (Lipinski definition) is 3. The third-order valence-electron chi connectivity index (χ3n) is 6.03. The van der Waals surface area contributed by atoms with E-state index in [2.05, 4.69) is 10.3 Å². The number of rotatable bonds is 4. The smallest absolute Gasteiger partial charge is 0.254 e. The monoisotopic (exact) mass is 467 g/mol. The van der Waals surface area contributed by atoms with Crippen LogP contribution in [0, 0.1) is 0 Å². The third-order valence-corrected chi connectivity index (χ3v) is 6.34. The van der Waals surface area contributed by atoms with Crippen molar-refractivity contribution < 1.29 is 9.59 Å². The second-order valence-corrected chi connectivity index (χ2v) is 8.48. The standard InChI is InChI=1S/C28H22ClN3O2/c29-17-19-15-26(27(33)31-24-12-13-25-23(16-24)7-4-14-30-25)32(18-19)28(34)22-10-8-21(9-11-22)20-5-2-1-3-6-20/h1-14,16-17,26H,15,18H2,(H,31,33)/t26-/m0/s1. The first-order valence-electron chi connectivity index (χ1n) is 11.0. The Morgan fingerprint density at radius 2 is 1.71 bits per heavy atom. The molecule has 1 N–H and O–H groups in total. The average Bonchev–Trinajstić information content (AvgIpc) is 3.34. The zero-order valence-electron chi connectivity index (χ0n) is 18.3. The van der Waals surface area contributed by atoms with Gasteiger partial charge >= 0.3 is 0 Å². The SMILES string of the molecule is O=C(Nc1ccc2ncccc2c1)[C@@H]1CC(=CCl)CN1C(=O)c1ccc(-c2ccccc2)cc1. The molecule has 1 aromatic heterocycles. The van der Waals surface area contributed by atoms with Crippen molar-refractivity contribution in [2.45, 2.75) is 12.5 Å². The molecule has 1 fully saturated rings. The Hall–Kier alpha value is -3.96. The zero-order chi connectivity index (χ0) is 23.5. The average molecular weight is 468 g/mol. The molecule has 168 valence electrons. The molecule has 0 spiro atoms. The van der Waals surface area contributed by atoms with Gasteiger partial charge in [-0.2, -0.15) is 0 Å². The maximum Gasteiger partial charge on any atom is 0.254 e. The Morgan fingerprint density at radius 1 is 0.941 bits per heavy atom. The molecule has 3 aromatic carbocycles. The first kappa shape index (κ1) is 21.9. The Bertz CT molecular complexity index is 1380. The number of aromatic nitrogens is 1. The van der Waals surface area contributed by atoms with E-state index in [1.807, 2.05) is 72.8 Å². The molecule has 1 saturated heterocycles. The lowest BCUT2D eigenvalue weighted by molar-refractivity contribution is -0.119. The van der Waals surface area contributed by atoms with E-state index in [0.29, 0.717) is 24.2 Å². The van der Waals surface area contributed by atoms with Crippen LogP contribution in [0.2, 0.25) is 0 Å². The van der Waals surface area contributed by atoms with Crippen molar-refractivity contribution in [1.82, 2.24) is 9.88 Å². The summed E-state index contributed by atoms with van der Waals surface area (Å²) in [6, 6.07) is 26.1. The fourth-order valence-electron chi connectivity index (χ4n) is 4.26. The van der Waals surface area contributed by atoms with Crippen LogP contribution in [0.3, 0.4) is 0 Å². The van der Waals surface area contributed by atoms with E-state index in [9.17, 15) is 9.59 Å². The van der Waals surface area contributed by atoms with E-state index < -0.39 is 6.04 Å². The molecule has 0 saturated carbocycles. The van der Waals surface area contributed by atoms with E-state index >= 15 is 0 Å². The molecule has 5 nitrogen and oxygen atoms in total. The van der Waals surface area contributed by atoms with Crippen molar-refractivity contribution in [2.75, 3.05) is 11.9 Å². The summed E-state index contributed by atoms with van der Waals surface area (Å²) in [6.45, 7) is 0.322. The van der Waals surface area contributed by atoms with Crippen molar-refractivity contribution in [3.63, 3.8) is 0 Å². The Labute approximate surface area is 202 Å². The minimum absolute atomic E-state index is 0.198. The molecule has 34 heavy (non-hydrogen) atoms. The summed E-state index contributed by atoms with van der Waals surface area (Å²) in [6.07, 6.45) is 2.13. The Kier molecular flexibility index (Phi) is 6.11. The molecule has 0 unspecified atom stereocenters. The molecular formula is C28H22ClN3O2. The quantitative estimate of drug-likeness (QED) is 0.408. The van der Waals surface area contributed by atoms with Crippen LogP contribution in [0.1, 0.15) is 16.8 Å². The predicted molar refractivity (Wildman–Crippen MR) is 136 cm³/mol. The number of nitrogens with zero attached hydrogens (tertiary/aromatic N) is 2. The number of pyridine rings is 1. The highest BCUT2D eigenvalue weighted by Crippen LogP contribution is 2.28. The number of likely N-dealkylation sites (tertiary alicyclic amines) is 1. The number of hydrogen-bond donors (Lipinski definition) is 1. The molecule has 2 heterocycles. The largest absolute Gasteiger partial charge is 0.324 e. The van der Waals surface area contributed by atoms with Gasteiger partial charge in [0.25, 0.3) is 5.91 Å². The summed E-state index contributed by atoms with van der Waals surface area (Å²) in [5, 5.41) is 3.89. The summed E-state index contributed by atoms with van der Waals surface area (Å²) < 4.78 is 0. The van der Waals surface area contributed by atoms with E-state index in [1.165, 1.54) is 5.54 Å². The second kappa shape index (κ2) is 9.49. The molecule has 0 aliphatic carbocycles. The highest BCUT2D eigenvalue weighted by atomic mass is 35.5. The molecule has 1 aliphatic rings. The zero-order valence-corrected chi connectivity index (χ0v) is 19.1. The van der Waals surface area contributed by atoms with Crippen LogP contribution in [0.25, 0.3) is 22.0 Å². The van der Waals surface area contributed by atoms with Crippen molar-refractivity contribution in [3.8, 4) is 11.1 Å². The molecular weight excluding hydrogens is 446 g/mol. The molecule has 5 rings (SSSR count). The van der Waals surface area contributed by atoms with Gasteiger partial charge in [-0.05, 0) is 53.1 Å². The second-order valence-electron chi connectivity index (χ2n) is 8.26. The van der Waals surface area contributed by atoms with Crippen LogP contribution in [0.4, 0.5) is 5.69 Å². The number of carbonyl (C=O) groups excluding carboxylic acids is 2. The van der Waals surface area contributed by atoms with E-state index in [1.54, 1.807) is 23.2 Å². The summed E-state index contributed by atoms with van der Waals surface area (Å²) in [5.74, 6) is -0.443. The van der Waals surface area contributed by atoms with Gasteiger partial charge in [-0.3, -0.25) is 14.6 Å². The van der Waals surface area contributed by atoms with Crippen LogP contribution in [-0.4, -0.2) is 34.3 Å². The molecule has 1 aliphatic heterocycles. The van der Waals surface area contributed by atoms with Gasteiger partial charge in [0.2, 0.25) is 5.91 Å². The number of fused-ring (bicyclic) bond motifs is 1. The summed E-state index contributed by atoms with van der Waals surface area (Å²) in [4.78, 5) is 32.5. The number of halogens is 1. The van der Waals surface area contributed by atoms with Crippen LogP contribution in [0.5, 0.6) is 0 Å². The third kappa shape index (κ3) is 4.43. The topological polar surface area (TPSA) is 62.3 Å². The molecule has 1 atom stereocenters. The van der Waals surface area contributed by atoms with Crippen LogP contribution < -0.4 is 5.32 Å². The fraction of sp³-hybridized carbons (Fsp3) is 0.107. The Morgan fingerprint density at radius 3 is 2.47 bits per heavy atom. The van der Waals surface area contributed by atoms with Crippen LogP contribution >= 0.6 is 11.6 Å². The lowest BCUT2D eigenvalue weighted by atomic mass is 10.0. The van der Waals surface area contributed by atoms with E-state index in [0.717, 1.165) is 27.6 Å². The number of carbonyl (C=O) groups is 2. The van der Waals surface area contributed by atoms with Crippen molar-refractivity contribution in [2.24, 2.45) is 0 Å². The minimum atomic E-state index is -0.643. The maximum absolute atomic E-state index is 13.4. The molecule has 6 heteroatoms. The predicted octanol–water partition coefficient (Wildman–Crippen LogP) is 5.88. The summed E-state index contributed by atoms with van der Waals surface area (Å²) in [5.41, 5.74) is 6.47. The first-order chi connectivity index (χ1) is 16.6. The lowest BCUT2D eigenvalue weighted by Gasteiger charge is -2.24. The van der Waals surface area contributed by atoms with E-state index in [-0.39, 0.29) is 11.8 Å². The highest BCUT2D eigenvalue weighted by Gasteiger charge is 2.37. The van der Waals surface area contributed by atoms with Gasteiger partial charge in [0.1, 0.15) is 6.04 Å². The molecule has 0 radical (unpaired) electrons. The van der Waals surface area contributed by atoms with Crippen molar-refractivity contribution in [3.05, 3.63) is 108 Å². The van der Waals surface area contributed by atoms with Gasteiger partial charge in [0, 0.05) is 41.3 Å². The van der Waals surface area contributed by atoms with Gasteiger partial charge in [-0.25, -0.2) is 0 Å². The summed E-state index contributed by atoms with van der Waals surface area (Å²) in [7, 11) is 0. The first-order valence-corrected chi connectivity index (χ1v) is 11.5. The van der Waals surface area contributed by atoms with Gasteiger partial charge in [-0.15, -0.1) is 0 Å². The normalized spacial score (nSPS) is 16.7. The van der Waals surface area contributed by atoms with Gasteiger partial charge in [0.05, 0.1) is 5.52 Å². The summed E-state index contributed by atoms with van der Waals surface area (Å²) >= 11 is 5.97. The van der Waals surface area contributed by atoms with Crippen molar-refractivity contribution >= 4 is 40.0 Å². The van der Waals surface area contributed by atoms with Crippen molar-refractivity contribution in [1.29, 1.82) is 0 Å². The number of amides is 2. The van der Waals surface area contributed by atoms with E-state index in [4.69, 9.17) is 11.6 Å². The van der Waals surface area contributed by atoms with Gasteiger partial charge in [0.15, 0.2) is 0 Å². The maximum atomic E-state index is 13.4. The molecule has 2 amide bonds. The van der Waals surface area contributed by atoms with Crippen LogP contribution in [0.15, 0.2) is 102 Å². The number of nitrogens with one attached hydrogen (secondary N) is 1. The minimum Gasteiger partial charge on any atom is -0.324 e.